The molecule has 1 saturated carbocycles. The third-order valence-corrected chi connectivity index (χ3v) is 5.03. The average molecular weight is 310 g/mol. The van der Waals surface area contributed by atoms with Crippen LogP contribution >= 0.6 is 0 Å². The maximum absolute atomic E-state index is 6.20. The molecule has 3 heteroatoms. The van der Waals surface area contributed by atoms with Crippen LogP contribution in [0.2, 0.25) is 0 Å². The van der Waals surface area contributed by atoms with Crippen molar-refractivity contribution in [1.82, 2.24) is 4.90 Å². The molecule has 0 spiro atoms. The summed E-state index contributed by atoms with van der Waals surface area (Å²) in [5, 5.41) is 0. The van der Waals surface area contributed by atoms with Gasteiger partial charge in [0.2, 0.25) is 0 Å². The summed E-state index contributed by atoms with van der Waals surface area (Å²) in [7, 11) is 1.80. The lowest BCUT2D eigenvalue weighted by Crippen LogP contribution is -2.63. The Morgan fingerprint density at radius 3 is 1.83 bits per heavy atom. The van der Waals surface area contributed by atoms with Crippen LogP contribution in [0.4, 0.5) is 0 Å². The lowest BCUT2D eigenvalue weighted by molar-refractivity contribution is -0.0943. The highest BCUT2D eigenvalue weighted by Gasteiger charge is 2.47. The molecule has 0 bridgehead atoms. The van der Waals surface area contributed by atoms with Crippen molar-refractivity contribution in [1.29, 1.82) is 0 Å². The Morgan fingerprint density at radius 1 is 0.957 bits per heavy atom. The lowest BCUT2D eigenvalue weighted by atomic mass is 9.72. The zero-order valence-electron chi connectivity index (χ0n) is 13.8. The van der Waals surface area contributed by atoms with E-state index in [4.69, 9.17) is 10.5 Å². The van der Waals surface area contributed by atoms with Crippen LogP contribution in [0.25, 0.3) is 0 Å². The third-order valence-electron chi connectivity index (χ3n) is 5.03. The molecule has 0 unspecified atom stereocenters. The van der Waals surface area contributed by atoms with Crippen LogP contribution in [0.1, 0.15) is 24.0 Å². The third kappa shape index (κ3) is 3.63. The number of nitrogens with zero attached hydrogens (tertiary/aromatic N) is 1. The van der Waals surface area contributed by atoms with Gasteiger partial charge in [0.15, 0.2) is 0 Å². The van der Waals surface area contributed by atoms with Gasteiger partial charge in [-0.25, -0.2) is 0 Å². The number of ether oxygens (including phenoxy) is 1. The van der Waals surface area contributed by atoms with Gasteiger partial charge in [0.1, 0.15) is 0 Å². The molecule has 122 valence electrons. The minimum atomic E-state index is 0.0480. The van der Waals surface area contributed by atoms with Crippen LogP contribution in [0.3, 0.4) is 0 Å². The maximum atomic E-state index is 6.20. The first-order chi connectivity index (χ1) is 11.3. The summed E-state index contributed by atoms with van der Waals surface area (Å²) < 4.78 is 5.51. The first kappa shape index (κ1) is 16.2. The number of rotatable bonds is 7. The van der Waals surface area contributed by atoms with Gasteiger partial charge in [0, 0.05) is 32.3 Å². The molecule has 1 fully saturated rings. The predicted molar refractivity (Wildman–Crippen MR) is 93.9 cm³/mol. The molecule has 3 rings (SSSR count). The first-order valence-electron chi connectivity index (χ1n) is 8.31. The van der Waals surface area contributed by atoms with Gasteiger partial charge in [-0.15, -0.1) is 0 Å². The van der Waals surface area contributed by atoms with Gasteiger partial charge in [-0.2, -0.15) is 0 Å². The normalized spacial score (nSPS) is 23.7. The van der Waals surface area contributed by atoms with E-state index in [2.05, 4.69) is 65.6 Å². The molecule has 0 heterocycles. The first-order valence-corrected chi connectivity index (χ1v) is 8.31. The highest BCUT2D eigenvalue weighted by molar-refractivity contribution is 5.19. The van der Waals surface area contributed by atoms with E-state index in [1.165, 1.54) is 11.1 Å². The van der Waals surface area contributed by atoms with Crippen molar-refractivity contribution >= 4 is 0 Å². The molecule has 0 aromatic heterocycles. The van der Waals surface area contributed by atoms with E-state index < -0.39 is 0 Å². The van der Waals surface area contributed by atoms with Crippen LogP contribution in [0.5, 0.6) is 0 Å². The Hall–Kier alpha value is -1.68. The molecule has 0 amide bonds. The molecule has 2 N–H and O–H groups in total. The van der Waals surface area contributed by atoms with Gasteiger partial charge in [-0.1, -0.05) is 60.7 Å². The molecule has 2 aromatic rings. The lowest BCUT2D eigenvalue weighted by Gasteiger charge is -2.53. The second kappa shape index (κ2) is 7.26. The van der Waals surface area contributed by atoms with Crippen LogP contribution in [-0.4, -0.2) is 30.2 Å². The summed E-state index contributed by atoms with van der Waals surface area (Å²) in [5.74, 6) is 0. The monoisotopic (exact) mass is 310 g/mol. The molecule has 0 aliphatic heterocycles. The minimum Gasteiger partial charge on any atom is -0.381 e. The molecule has 0 saturated heterocycles. The molecular weight excluding hydrogens is 284 g/mol. The fourth-order valence-corrected chi connectivity index (χ4v) is 3.51. The van der Waals surface area contributed by atoms with Gasteiger partial charge in [0.05, 0.1) is 6.10 Å². The van der Waals surface area contributed by atoms with Crippen molar-refractivity contribution in [2.75, 3.05) is 13.7 Å². The zero-order valence-corrected chi connectivity index (χ0v) is 13.8. The van der Waals surface area contributed by atoms with E-state index in [9.17, 15) is 0 Å². The summed E-state index contributed by atoms with van der Waals surface area (Å²) >= 11 is 0. The van der Waals surface area contributed by atoms with E-state index >= 15 is 0 Å². The van der Waals surface area contributed by atoms with Crippen molar-refractivity contribution in [3.8, 4) is 0 Å². The zero-order chi connectivity index (χ0) is 16.1. The summed E-state index contributed by atoms with van der Waals surface area (Å²) in [6.07, 6.45) is 2.37. The predicted octanol–water partition coefficient (Wildman–Crippen LogP) is 3.20. The van der Waals surface area contributed by atoms with E-state index in [1.54, 1.807) is 7.11 Å². The highest BCUT2D eigenvalue weighted by atomic mass is 16.5. The van der Waals surface area contributed by atoms with Crippen LogP contribution in [0.15, 0.2) is 60.7 Å². The largest absolute Gasteiger partial charge is 0.381 e. The van der Waals surface area contributed by atoms with Crippen molar-refractivity contribution in [3.05, 3.63) is 71.8 Å². The van der Waals surface area contributed by atoms with Crippen molar-refractivity contribution in [2.24, 2.45) is 5.73 Å². The molecule has 23 heavy (non-hydrogen) atoms. The van der Waals surface area contributed by atoms with E-state index in [0.29, 0.717) is 12.6 Å². The Bertz CT molecular complexity index is 552. The van der Waals surface area contributed by atoms with Crippen molar-refractivity contribution < 1.29 is 4.74 Å². The Labute approximate surface area is 139 Å². The van der Waals surface area contributed by atoms with Gasteiger partial charge >= 0.3 is 0 Å². The maximum Gasteiger partial charge on any atom is 0.0607 e. The van der Waals surface area contributed by atoms with Crippen molar-refractivity contribution in [3.63, 3.8) is 0 Å². The van der Waals surface area contributed by atoms with E-state index in [0.717, 1.165) is 25.9 Å². The summed E-state index contributed by atoms with van der Waals surface area (Å²) in [6.45, 7) is 2.51. The van der Waals surface area contributed by atoms with Crippen LogP contribution < -0.4 is 5.73 Å². The fraction of sp³-hybridized carbons (Fsp3) is 0.400. The van der Waals surface area contributed by atoms with E-state index in [1.807, 2.05) is 0 Å². The Kier molecular flexibility index (Phi) is 5.11. The molecule has 0 atom stereocenters. The second-order valence-electron chi connectivity index (χ2n) is 6.52. The van der Waals surface area contributed by atoms with Crippen molar-refractivity contribution in [2.45, 2.75) is 37.6 Å². The number of nitrogens with two attached hydrogens (primary N) is 1. The molecule has 3 nitrogen and oxygen atoms in total. The fourth-order valence-electron chi connectivity index (χ4n) is 3.51. The Morgan fingerprint density at radius 2 is 1.43 bits per heavy atom. The number of hydrogen-bond donors (Lipinski definition) is 1. The Balaban J connectivity index is 1.81. The smallest absolute Gasteiger partial charge is 0.0607 e. The average Bonchev–Trinajstić information content (AvgIpc) is 2.56. The van der Waals surface area contributed by atoms with E-state index in [-0.39, 0.29) is 5.54 Å². The van der Waals surface area contributed by atoms with Crippen LogP contribution in [-0.2, 0) is 17.8 Å². The summed E-state index contributed by atoms with van der Waals surface area (Å²) in [4.78, 5) is 2.53. The highest BCUT2D eigenvalue weighted by Crippen LogP contribution is 2.40. The molecular formula is C20H26N2O. The van der Waals surface area contributed by atoms with Crippen LogP contribution in [0, 0.1) is 0 Å². The standard InChI is InChI=1S/C20H26N2O/c1-23-19-12-20(13-19,16-21)22(14-17-8-4-2-5-9-17)15-18-10-6-3-7-11-18/h2-11,19H,12-16,21H2,1H3. The summed E-state index contributed by atoms with van der Waals surface area (Å²) in [5.41, 5.74) is 8.91. The quantitative estimate of drug-likeness (QED) is 0.853. The SMILES string of the molecule is COC1CC(CN)(N(Cc2ccccc2)Cc2ccccc2)C1. The van der Waals surface area contributed by atoms with Gasteiger partial charge < -0.3 is 10.5 Å². The van der Waals surface area contributed by atoms with Gasteiger partial charge in [0.25, 0.3) is 0 Å². The molecule has 1 aliphatic rings. The minimum absolute atomic E-state index is 0.0480. The number of hydrogen-bond acceptors (Lipinski definition) is 3. The van der Waals surface area contributed by atoms with Gasteiger partial charge in [-0.3, -0.25) is 4.90 Å². The topological polar surface area (TPSA) is 38.5 Å². The second-order valence-corrected chi connectivity index (χ2v) is 6.52. The van der Waals surface area contributed by atoms with Gasteiger partial charge in [-0.05, 0) is 24.0 Å². The molecule has 2 aromatic carbocycles. The molecule has 0 radical (unpaired) electrons. The molecule has 1 aliphatic carbocycles. The number of methoxy groups -OCH3 is 1. The summed E-state index contributed by atoms with van der Waals surface area (Å²) in [6, 6.07) is 21.3. The number of benzene rings is 2.